The molecule has 2 rings (SSSR count). The van der Waals surface area contributed by atoms with Gasteiger partial charge in [-0.3, -0.25) is 0 Å². The molecule has 0 radical (unpaired) electrons. The van der Waals surface area contributed by atoms with Crippen LogP contribution < -0.4 is 16.2 Å². The van der Waals surface area contributed by atoms with Gasteiger partial charge in [0.25, 0.3) is 0 Å². The smallest absolute Gasteiger partial charge is 0.225 e. The molecule has 0 aliphatic heterocycles. The van der Waals surface area contributed by atoms with Crippen molar-refractivity contribution in [3.63, 3.8) is 0 Å². The molecule has 0 spiro atoms. The lowest BCUT2D eigenvalue weighted by Crippen LogP contribution is -2.29. The van der Waals surface area contributed by atoms with Gasteiger partial charge in [-0.25, -0.2) is 0 Å². The molecule has 0 aromatic carbocycles. The Labute approximate surface area is 100 Å². The van der Waals surface area contributed by atoms with Gasteiger partial charge in [0.15, 0.2) is 0 Å². The van der Waals surface area contributed by atoms with Gasteiger partial charge in [0.05, 0.1) is 6.10 Å². The molecule has 0 saturated heterocycles. The third-order valence-corrected chi connectivity index (χ3v) is 2.94. The molecule has 2 unspecified atom stereocenters. The first kappa shape index (κ1) is 11.9. The van der Waals surface area contributed by atoms with Crippen molar-refractivity contribution in [2.45, 2.75) is 37.9 Å². The van der Waals surface area contributed by atoms with Crippen LogP contribution in [0.1, 0.15) is 25.7 Å². The fraction of sp³-hybridized carbons (Fsp3) is 0.636. The highest BCUT2D eigenvalue weighted by Gasteiger charge is 2.23. The summed E-state index contributed by atoms with van der Waals surface area (Å²) in [7, 11) is 1.73. The number of hydrogen-bond acceptors (Lipinski definition) is 6. The van der Waals surface area contributed by atoms with Crippen LogP contribution in [0.4, 0.5) is 11.8 Å². The van der Waals surface area contributed by atoms with Crippen LogP contribution in [0.25, 0.3) is 0 Å². The van der Waals surface area contributed by atoms with Gasteiger partial charge in [0.2, 0.25) is 11.8 Å². The van der Waals surface area contributed by atoms with E-state index in [1.807, 2.05) is 0 Å². The highest BCUT2D eigenvalue weighted by molar-refractivity contribution is 5.38. The molecule has 2 atom stereocenters. The number of nitrogen functional groups attached to an aromatic ring is 2. The van der Waals surface area contributed by atoms with E-state index < -0.39 is 0 Å². The summed E-state index contributed by atoms with van der Waals surface area (Å²) >= 11 is 0. The number of aromatic nitrogens is 2. The monoisotopic (exact) mass is 238 g/mol. The first-order valence-electron chi connectivity index (χ1n) is 5.77. The number of nitrogens with two attached hydrogens (primary N) is 2. The second kappa shape index (κ2) is 5.18. The van der Waals surface area contributed by atoms with Gasteiger partial charge in [-0.1, -0.05) is 0 Å². The molecule has 6 heteroatoms. The van der Waals surface area contributed by atoms with Gasteiger partial charge in [-0.15, -0.1) is 0 Å². The first-order chi connectivity index (χ1) is 8.17. The molecule has 17 heavy (non-hydrogen) atoms. The lowest BCUT2D eigenvalue weighted by molar-refractivity contribution is 0.0195. The minimum atomic E-state index is 0.113. The molecule has 0 bridgehead atoms. The maximum Gasteiger partial charge on any atom is 0.225 e. The summed E-state index contributed by atoms with van der Waals surface area (Å²) in [5, 5.41) is 0. The normalized spacial score (nSPS) is 24.5. The summed E-state index contributed by atoms with van der Waals surface area (Å²) in [4.78, 5) is 7.80. The van der Waals surface area contributed by atoms with Crippen LogP contribution in [-0.4, -0.2) is 29.3 Å². The van der Waals surface area contributed by atoms with E-state index in [1.165, 1.54) is 0 Å². The molecule has 1 aromatic heterocycles. The van der Waals surface area contributed by atoms with Crippen LogP contribution >= 0.6 is 0 Å². The van der Waals surface area contributed by atoms with Crippen molar-refractivity contribution in [3.8, 4) is 5.88 Å². The van der Waals surface area contributed by atoms with Crippen molar-refractivity contribution in [2.24, 2.45) is 0 Å². The Balaban J connectivity index is 2.00. The number of rotatable bonds is 3. The number of methoxy groups -OCH3 is 1. The SMILES string of the molecule is COC1CCCC(Oc2cc(N)nc(N)n2)C1. The van der Waals surface area contributed by atoms with Crippen molar-refractivity contribution in [1.29, 1.82) is 0 Å². The van der Waals surface area contributed by atoms with Gasteiger partial charge in [0.1, 0.15) is 11.9 Å². The van der Waals surface area contributed by atoms with Crippen LogP contribution in [0.3, 0.4) is 0 Å². The fourth-order valence-electron chi connectivity index (χ4n) is 2.12. The summed E-state index contributed by atoms with van der Waals surface area (Å²) in [5.41, 5.74) is 11.1. The lowest BCUT2D eigenvalue weighted by atomic mass is 9.95. The second-order valence-electron chi connectivity index (χ2n) is 4.25. The molecule has 0 amide bonds. The Bertz CT molecular complexity index is 365. The predicted molar refractivity (Wildman–Crippen MR) is 64.5 cm³/mol. The van der Waals surface area contributed by atoms with Crippen molar-refractivity contribution in [3.05, 3.63) is 6.07 Å². The summed E-state index contributed by atoms with van der Waals surface area (Å²) in [6.07, 6.45) is 4.45. The van der Waals surface area contributed by atoms with Gasteiger partial charge in [-0.05, 0) is 19.3 Å². The minimum absolute atomic E-state index is 0.113. The largest absolute Gasteiger partial charge is 0.474 e. The molecular formula is C11H18N4O2. The van der Waals surface area contributed by atoms with Gasteiger partial charge >= 0.3 is 0 Å². The summed E-state index contributed by atoms with van der Waals surface area (Å²) in [6.45, 7) is 0. The number of nitrogens with zero attached hydrogens (tertiary/aromatic N) is 2. The topological polar surface area (TPSA) is 96.3 Å². The zero-order chi connectivity index (χ0) is 12.3. The Morgan fingerprint density at radius 3 is 2.71 bits per heavy atom. The Morgan fingerprint density at radius 1 is 1.24 bits per heavy atom. The van der Waals surface area contributed by atoms with E-state index in [0.717, 1.165) is 25.7 Å². The van der Waals surface area contributed by atoms with E-state index in [2.05, 4.69) is 9.97 Å². The van der Waals surface area contributed by atoms with E-state index >= 15 is 0 Å². The minimum Gasteiger partial charge on any atom is -0.474 e. The average Bonchev–Trinajstić information content (AvgIpc) is 2.28. The number of anilines is 2. The molecule has 1 aromatic rings. The van der Waals surface area contributed by atoms with Crippen molar-refractivity contribution in [1.82, 2.24) is 9.97 Å². The fourth-order valence-corrected chi connectivity index (χ4v) is 2.12. The predicted octanol–water partition coefficient (Wildman–Crippen LogP) is 0.977. The molecule has 6 nitrogen and oxygen atoms in total. The van der Waals surface area contributed by atoms with Crippen molar-refractivity contribution >= 4 is 11.8 Å². The number of hydrogen-bond donors (Lipinski definition) is 2. The van der Waals surface area contributed by atoms with Crippen molar-refractivity contribution in [2.75, 3.05) is 18.6 Å². The third kappa shape index (κ3) is 3.20. The molecule has 1 fully saturated rings. The molecular weight excluding hydrogens is 220 g/mol. The van der Waals surface area contributed by atoms with E-state index in [-0.39, 0.29) is 18.2 Å². The Morgan fingerprint density at radius 2 is 2.00 bits per heavy atom. The first-order valence-corrected chi connectivity index (χ1v) is 5.77. The summed E-state index contributed by atoms with van der Waals surface area (Å²) in [6, 6.07) is 1.59. The molecule has 4 N–H and O–H groups in total. The Kier molecular flexibility index (Phi) is 3.63. The van der Waals surface area contributed by atoms with E-state index in [9.17, 15) is 0 Å². The van der Waals surface area contributed by atoms with Crippen LogP contribution in [0, 0.1) is 0 Å². The molecule has 1 aliphatic rings. The third-order valence-electron chi connectivity index (χ3n) is 2.94. The standard InChI is InChI=1S/C11H18N4O2/c1-16-7-3-2-4-8(5-7)17-10-6-9(12)14-11(13)15-10/h6-8H,2-5H2,1H3,(H4,12,13,14,15). The quantitative estimate of drug-likeness (QED) is 0.814. The maximum atomic E-state index is 5.76. The molecule has 1 heterocycles. The molecule has 1 aliphatic carbocycles. The van der Waals surface area contributed by atoms with Gasteiger partial charge in [-0.2, -0.15) is 9.97 Å². The van der Waals surface area contributed by atoms with Crippen LogP contribution in [0.15, 0.2) is 6.07 Å². The maximum absolute atomic E-state index is 5.76. The van der Waals surface area contributed by atoms with E-state index in [4.69, 9.17) is 20.9 Å². The van der Waals surface area contributed by atoms with Crippen LogP contribution in [-0.2, 0) is 4.74 Å². The molecule has 1 saturated carbocycles. The van der Waals surface area contributed by atoms with Crippen molar-refractivity contribution < 1.29 is 9.47 Å². The zero-order valence-corrected chi connectivity index (χ0v) is 9.93. The number of ether oxygens (including phenoxy) is 2. The second-order valence-corrected chi connectivity index (χ2v) is 4.25. The Hall–Kier alpha value is -1.56. The average molecular weight is 238 g/mol. The highest BCUT2D eigenvalue weighted by atomic mass is 16.5. The molecule has 94 valence electrons. The van der Waals surface area contributed by atoms with Gasteiger partial charge < -0.3 is 20.9 Å². The highest BCUT2D eigenvalue weighted by Crippen LogP contribution is 2.25. The van der Waals surface area contributed by atoms with E-state index in [1.54, 1.807) is 13.2 Å². The summed E-state index contributed by atoms with van der Waals surface area (Å²) < 4.78 is 11.1. The zero-order valence-electron chi connectivity index (χ0n) is 9.93. The van der Waals surface area contributed by atoms with E-state index in [0.29, 0.717) is 11.7 Å². The summed E-state index contributed by atoms with van der Waals surface area (Å²) in [5.74, 6) is 0.905. The van der Waals surface area contributed by atoms with Gasteiger partial charge in [0, 0.05) is 19.6 Å². The lowest BCUT2D eigenvalue weighted by Gasteiger charge is -2.28. The van der Waals surface area contributed by atoms with Crippen LogP contribution in [0.5, 0.6) is 5.88 Å². The van der Waals surface area contributed by atoms with Crippen LogP contribution in [0.2, 0.25) is 0 Å².